The van der Waals surface area contributed by atoms with Crippen molar-refractivity contribution in [2.24, 2.45) is 0 Å². The highest BCUT2D eigenvalue weighted by atomic mass is 32.2. The van der Waals surface area contributed by atoms with Gasteiger partial charge in [0.15, 0.2) is 21.4 Å². The van der Waals surface area contributed by atoms with Crippen molar-refractivity contribution < 1.29 is 26.8 Å². The summed E-state index contributed by atoms with van der Waals surface area (Å²) in [4.78, 5) is 23.0. The van der Waals surface area contributed by atoms with Crippen molar-refractivity contribution in [2.75, 3.05) is 0 Å². The van der Waals surface area contributed by atoms with Gasteiger partial charge in [0, 0.05) is 12.2 Å². The zero-order valence-corrected chi connectivity index (χ0v) is 10.2. The molecule has 0 saturated heterocycles. The highest BCUT2D eigenvalue weighted by Gasteiger charge is 2.40. The van der Waals surface area contributed by atoms with E-state index in [1.165, 1.54) is 0 Å². The minimum Gasteiger partial charge on any atom is -0.293 e. The number of carbonyl (C=O) groups is 2. The molecule has 4 nitrogen and oxygen atoms in total. The van der Waals surface area contributed by atoms with Crippen molar-refractivity contribution in [1.29, 1.82) is 0 Å². The van der Waals surface area contributed by atoms with Gasteiger partial charge in [0.25, 0.3) is 0 Å². The van der Waals surface area contributed by atoms with Gasteiger partial charge in [0.2, 0.25) is 0 Å². The van der Waals surface area contributed by atoms with Crippen molar-refractivity contribution in [2.45, 2.75) is 10.5 Å². The van der Waals surface area contributed by atoms with Crippen LogP contribution >= 0.6 is 0 Å². The zero-order chi connectivity index (χ0) is 14.2. The van der Waals surface area contributed by atoms with Crippen LogP contribution in [-0.4, -0.2) is 30.5 Å². The summed E-state index contributed by atoms with van der Waals surface area (Å²) in [5, 5.41) is -3.25. The Kier molecular flexibility index (Phi) is 3.32. The molecule has 2 unspecified atom stereocenters. The maximum Gasteiger partial charge on any atom is 0.180 e. The van der Waals surface area contributed by atoms with Crippen LogP contribution in [0.3, 0.4) is 0 Å². The first kappa shape index (κ1) is 13.5. The van der Waals surface area contributed by atoms with Crippen molar-refractivity contribution in [3.63, 3.8) is 0 Å². The van der Waals surface area contributed by atoms with Crippen LogP contribution in [0.2, 0.25) is 0 Å². The minimum atomic E-state index is -4.23. The Balaban J connectivity index is 2.36. The Labute approximate surface area is 107 Å². The van der Waals surface area contributed by atoms with Crippen LogP contribution in [-0.2, 0) is 19.4 Å². The number of halogens is 2. The number of allylic oxidation sites excluding steroid dienone is 6. The molecule has 0 heterocycles. The maximum absolute atomic E-state index is 12.8. The van der Waals surface area contributed by atoms with Crippen molar-refractivity contribution in [3.05, 3.63) is 48.1 Å². The van der Waals surface area contributed by atoms with E-state index in [2.05, 4.69) is 0 Å². The number of carbonyl (C=O) groups excluding carboxylic acids is 2. The first-order valence-electron chi connectivity index (χ1n) is 5.23. The molecule has 0 radical (unpaired) electrons. The standard InChI is InChI=1S/C12H8F2O4S/c13-7-1-3-11(9(15)5-7)19(17,18)12-4-2-8(14)6-10(12)16/h1-6,11-12H. The Morgan fingerprint density at radius 2 is 1.21 bits per heavy atom. The molecule has 0 spiro atoms. The molecular weight excluding hydrogens is 278 g/mol. The van der Waals surface area contributed by atoms with Gasteiger partial charge in [-0.15, -0.1) is 0 Å². The van der Waals surface area contributed by atoms with Crippen LogP contribution in [0.25, 0.3) is 0 Å². The molecule has 19 heavy (non-hydrogen) atoms. The molecule has 2 atom stereocenters. The summed E-state index contributed by atoms with van der Waals surface area (Å²) in [5.41, 5.74) is 0. The number of sulfone groups is 1. The molecular formula is C12H8F2O4S. The van der Waals surface area contributed by atoms with Crippen LogP contribution in [0.1, 0.15) is 0 Å². The third-order valence-corrected chi connectivity index (χ3v) is 4.88. The van der Waals surface area contributed by atoms with E-state index in [-0.39, 0.29) is 0 Å². The molecule has 7 heteroatoms. The van der Waals surface area contributed by atoms with Crippen LogP contribution < -0.4 is 0 Å². The third-order valence-electron chi connectivity index (χ3n) is 2.69. The molecule has 0 aliphatic heterocycles. The third kappa shape index (κ3) is 2.46. The van der Waals surface area contributed by atoms with Gasteiger partial charge < -0.3 is 0 Å². The molecule has 0 fully saturated rings. The van der Waals surface area contributed by atoms with Crippen molar-refractivity contribution in [1.82, 2.24) is 0 Å². The SMILES string of the molecule is O=C1C=C(F)C=CC1S(=O)(=O)C1C=CC(F)=CC1=O. The van der Waals surface area contributed by atoms with E-state index in [0.717, 1.165) is 24.3 Å². The minimum absolute atomic E-state index is 0.551. The Bertz CT molecular complexity index is 616. The summed E-state index contributed by atoms with van der Waals surface area (Å²) in [5.74, 6) is -3.63. The number of rotatable bonds is 2. The molecule has 100 valence electrons. The Morgan fingerprint density at radius 3 is 1.53 bits per heavy atom. The molecule has 0 aromatic carbocycles. The van der Waals surface area contributed by atoms with Gasteiger partial charge >= 0.3 is 0 Å². The van der Waals surface area contributed by atoms with E-state index in [1.54, 1.807) is 0 Å². The second-order valence-corrected chi connectivity index (χ2v) is 6.21. The first-order valence-corrected chi connectivity index (χ1v) is 6.84. The first-order chi connectivity index (χ1) is 8.82. The maximum atomic E-state index is 12.8. The number of hydrogen-bond donors (Lipinski definition) is 0. The summed E-state index contributed by atoms with van der Waals surface area (Å²) in [6, 6.07) is 0. The lowest BCUT2D eigenvalue weighted by molar-refractivity contribution is -0.113. The molecule has 0 bridgehead atoms. The van der Waals surface area contributed by atoms with E-state index in [4.69, 9.17) is 0 Å². The predicted molar refractivity (Wildman–Crippen MR) is 63.2 cm³/mol. The quantitative estimate of drug-likeness (QED) is 0.763. The van der Waals surface area contributed by atoms with Gasteiger partial charge in [-0.2, -0.15) is 0 Å². The van der Waals surface area contributed by atoms with Gasteiger partial charge in [-0.3, -0.25) is 9.59 Å². The largest absolute Gasteiger partial charge is 0.293 e. The molecule has 2 aliphatic rings. The van der Waals surface area contributed by atoms with Crippen LogP contribution in [0.5, 0.6) is 0 Å². The topological polar surface area (TPSA) is 68.3 Å². The summed E-state index contributed by atoms with van der Waals surface area (Å²) in [6.07, 6.45) is 4.55. The molecule has 0 aromatic heterocycles. The van der Waals surface area contributed by atoms with Gasteiger partial charge in [-0.1, -0.05) is 12.2 Å². The predicted octanol–water partition coefficient (Wildman–Crippen LogP) is 1.12. The summed E-state index contributed by atoms with van der Waals surface area (Å²) >= 11 is 0. The van der Waals surface area contributed by atoms with Gasteiger partial charge in [-0.25, -0.2) is 17.2 Å². The molecule has 0 saturated carbocycles. The summed E-state index contributed by atoms with van der Waals surface area (Å²) in [6.45, 7) is 0. The highest BCUT2D eigenvalue weighted by Crippen LogP contribution is 2.23. The van der Waals surface area contributed by atoms with E-state index in [9.17, 15) is 26.8 Å². The monoisotopic (exact) mass is 286 g/mol. The fourth-order valence-electron chi connectivity index (χ4n) is 1.78. The fraction of sp³-hybridized carbons (Fsp3) is 0.167. The Hall–Kier alpha value is -1.89. The lowest BCUT2D eigenvalue weighted by Gasteiger charge is -2.19. The molecule has 0 amide bonds. The summed E-state index contributed by atoms with van der Waals surface area (Å²) < 4.78 is 49.8. The van der Waals surface area contributed by atoms with Crippen LogP contribution in [0, 0.1) is 0 Å². The van der Waals surface area contributed by atoms with E-state index >= 15 is 0 Å². The number of hydrogen-bond acceptors (Lipinski definition) is 4. The lowest BCUT2D eigenvalue weighted by atomic mass is 10.1. The normalized spacial score (nSPS) is 27.3. The second kappa shape index (κ2) is 4.65. The lowest BCUT2D eigenvalue weighted by Crippen LogP contribution is -2.40. The molecule has 2 aliphatic carbocycles. The van der Waals surface area contributed by atoms with E-state index in [1.807, 2.05) is 0 Å². The van der Waals surface area contributed by atoms with E-state index < -0.39 is 43.6 Å². The van der Waals surface area contributed by atoms with Crippen LogP contribution in [0.15, 0.2) is 48.1 Å². The molecule has 2 rings (SSSR count). The van der Waals surface area contributed by atoms with Crippen molar-refractivity contribution >= 4 is 21.4 Å². The molecule has 0 N–H and O–H groups in total. The fourth-order valence-corrected chi connectivity index (χ4v) is 3.48. The smallest absolute Gasteiger partial charge is 0.180 e. The number of ketones is 2. The average Bonchev–Trinajstić information content (AvgIpc) is 2.27. The van der Waals surface area contributed by atoms with Gasteiger partial charge in [-0.05, 0) is 12.2 Å². The van der Waals surface area contributed by atoms with Gasteiger partial charge in [0.1, 0.15) is 22.2 Å². The second-order valence-electron chi connectivity index (χ2n) is 4.01. The van der Waals surface area contributed by atoms with Crippen molar-refractivity contribution in [3.8, 4) is 0 Å². The Morgan fingerprint density at radius 1 is 0.842 bits per heavy atom. The summed E-state index contributed by atoms with van der Waals surface area (Å²) in [7, 11) is -4.23. The average molecular weight is 286 g/mol. The van der Waals surface area contributed by atoms with E-state index in [0.29, 0.717) is 12.2 Å². The van der Waals surface area contributed by atoms with Crippen LogP contribution in [0.4, 0.5) is 8.78 Å². The molecule has 0 aromatic rings. The van der Waals surface area contributed by atoms with Gasteiger partial charge in [0.05, 0.1) is 0 Å². The zero-order valence-electron chi connectivity index (χ0n) is 9.42. The highest BCUT2D eigenvalue weighted by molar-refractivity contribution is 7.94.